The Morgan fingerprint density at radius 1 is 1.67 bits per heavy atom. The first kappa shape index (κ1) is 7.03. The van der Waals surface area contributed by atoms with E-state index in [2.05, 4.69) is 0 Å². The maximum absolute atomic E-state index is 9.43. The Hall–Kier alpha value is -0.0800. The molecule has 1 N–H and O–H groups in total. The van der Waals surface area contributed by atoms with E-state index in [-0.39, 0.29) is 0 Å². The fourth-order valence-electron chi connectivity index (χ4n) is 1.03. The maximum Gasteiger partial charge on any atom is 0.165 e. The number of hydrogen-bond donors (Lipinski definition) is 1. The van der Waals surface area contributed by atoms with Gasteiger partial charge in [0.15, 0.2) is 5.79 Å². The van der Waals surface area contributed by atoms with E-state index in [0.29, 0.717) is 12.5 Å². The van der Waals surface area contributed by atoms with E-state index in [1.165, 1.54) is 0 Å². The van der Waals surface area contributed by atoms with Gasteiger partial charge in [-0.3, -0.25) is 0 Å². The van der Waals surface area contributed by atoms with Crippen molar-refractivity contribution in [1.82, 2.24) is 0 Å². The minimum Gasteiger partial charge on any atom is -0.365 e. The SMILES string of the molecule is CCOC(C)(O)C1CC1. The molecule has 9 heavy (non-hydrogen) atoms. The van der Waals surface area contributed by atoms with Crippen LogP contribution < -0.4 is 0 Å². The minimum absolute atomic E-state index is 0.400. The average Bonchev–Trinajstić information content (AvgIpc) is 2.41. The first-order chi connectivity index (χ1) is 4.17. The van der Waals surface area contributed by atoms with E-state index >= 15 is 0 Å². The van der Waals surface area contributed by atoms with Gasteiger partial charge in [0.25, 0.3) is 0 Å². The van der Waals surface area contributed by atoms with Crippen molar-refractivity contribution in [1.29, 1.82) is 0 Å². The van der Waals surface area contributed by atoms with Crippen LogP contribution in [-0.2, 0) is 4.74 Å². The van der Waals surface area contributed by atoms with Crippen molar-refractivity contribution in [2.45, 2.75) is 32.5 Å². The Morgan fingerprint density at radius 2 is 2.22 bits per heavy atom. The van der Waals surface area contributed by atoms with E-state index in [1.54, 1.807) is 6.92 Å². The van der Waals surface area contributed by atoms with E-state index < -0.39 is 5.79 Å². The molecule has 0 amide bonds. The van der Waals surface area contributed by atoms with E-state index in [0.717, 1.165) is 12.8 Å². The largest absolute Gasteiger partial charge is 0.365 e. The summed E-state index contributed by atoms with van der Waals surface area (Å²) in [6, 6.07) is 0. The van der Waals surface area contributed by atoms with Gasteiger partial charge in [0.05, 0.1) is 0 Å². The standard InChI is InChI=1S/C7H14O2/c1-3-9-7(2,8)6-4-5-6/h6,8H,3-5H2,1-2H3. The van der Waals surface area contributed by atoms with Gasteiger partial charge in [0.2, 0.25) is 0 Å². The number of ether oxygens (including phenoxy) is 1. The molecule has 1 atom stereocenters. The lowest BCUT2D eigenvalue weighted by molar-refractivity contribution is -0.201. The van der Waals surface area contributed by atoms with Crippen LogP contribution in [-0.4, -0.2) is 17.5 Å². The lowest BCUT2D eigenvalue weighted by Crippen LogP contribution is -2.30. The van der Waals surface area contributed by atoms with Crippen LogP contribution in [0.5, 0.6) is 0 Å². The van der Waals surface area contributed by atoms with Crippen LogP contribution in [0.15, 0.2) is 0 Å². The van der Waals surface area contributed by atoms with Crippen molar-refractivity contribution in [2.24, 2.45) is 5.92 Å². The summed E-state index contributed by atoms with van der Waals surface area (Å²) >= 11 is 0. The molecule has 1 saturated carbocycles. The van der Waals surface area contributed by atoms with Crippen LogP contribution >= 0.6 is 0 Å². The molecule has 1 fully saturated rings. The number of hydrogen-bond acceptors (Lipinski definition) is 2. The highest BCUT2D eigenvalue weighted by Crippen LogP contribution is 2.39. The zero-order valence-electron chi connectivity index (χ0n) is 6.05. The van der Waals surface area contributed by atoms with Gasteiger partial charge in [-0.15, -0.1) is 0 Å². The van der Waals surface area contributed by atoms with Gasteiger partial charge in [0.1, 0.15) is 0 Å². The highest BCUT2D eigenvalue weighted by molar-refractivity contribution is 4.84. The molecule has 0 spiro atoms. The first-order valence-electron chi connectivity index (χ1n) is 3.53. The van der Waals surface area contributed by atoms with Crippen LogP contribution in [0.3, 0.4) is 0 Å². The molecule has 2 nitrogen and oxygen atoms in total. The van der Waals surface area contributed by atoms with Crippen LogP contribution in [0.1, 0.15) is 26.7 Å². The van der Waals surface area contributed by atoms with Crippen LogP contribution in [0.25, 0.3) is 0 Å². The molecule has 0 aromatic heterocycles. The van der Waals surface area contributed by atoms with Gasteiger partial charge in [0, 0.05) is 12.5 Å². The third kappa shape index (κ3) is 1.66. The topological polar surface area (TPSA) is 29.5 Å². The highest BCUT2D eigenvalue weighted by Gasteiger charge is 2.40. The van der Waals surface area contributed by atoms with Gasteiger partial charge in [-0.1, -0.05) is 0 Å². The Kier molecular flexibility index (Phi) is 1.78. The summed E-state index contributed by atoms with van der Waals surface area (Å²) in [6.45, 7) is 4.24. The van der Waals surface area contributed by atoms with Crippen molar-refractivity contribution in [2.75, 3.05) is 6.61 Å². The maximum atomic E-state index is 9.43. The second-order valence-electron chi connectivity index (χ2n) is 2.76. The Morgan fingerprint density at radius 3 is 2.56 bits per heavy atom. The molecule has 1 aliphatic rings. The van der Waals surface area contributed by atoms with E-state index in [9.17, 15) is 5.11 Å². The molecule has 54 valence electrons. The Balaban J connectivity index is 2.30. The zero-order chi connectivity index (χ0) is 6.91. The molecule has 0 bridgehead atoms. The van der Waals surface area contributed by atoms with Crippen molar-refractivity contribution in [3.8, 4) is 0 Å². The lowest BCUT2D eigenvalue weighted by atomic mass is 10.2. The van der Waals surface area contributed by atoms with Crippen molar-refractivity contribution in [3.05, 3.63) is 0 Å². The molecule has 0 aromatic rings. The molecule has 0 saturated heterocycles. The predicted octanol–water partition coefficient (Wildman–Crippen LogP) is 1.14. The molecule has 0 radical (unpaired) electrons. The average molecular weight is 130 g/mol. The summed E-state index contributed by atoms with van der Waals surface area (Å²) in [5, 5.41) is 9.43. The monoisotopic (exact) mass is 130 g/mol. The summed E-state index contributed by atoms with van der Waals surface area (Å²) in [4.78, 5) is 0. The third-order valence-electron chi connectivity index (χ3n) is 1.77. The summed E-state index contributed by atoms with van der Waals surface area (Å²) in [5.74, 6) is -0.438. The number of aliphatic hydroxyl groups is 1. The van der Waals surface area contributed by atoms with E-state index in [4.69, 9.17) is 4.74 Å². The van der Waals surface area contributed by atoms with Crippen LogP contribution in [0, 0.1) is 5.92 Å². The van der Waals surface area contributed by atoms with Crippen molar-refractivity contribution < 1.29 is 9.84 Å². The van der Waals surface area contributed by atoms with Crippen molar-refractivity contribution in [3.63, 3.8) is 0 Å². The summed E-state index contributed by atoms with van der Waals surface area (Å²) in [6.07, 6.45) is 2.24. The number of rotatable bonds is 3. The smallest absolute Gasteiger partial charge is 0.165 e. The minimum atomic E-state index is -0.839. The quantitative estimate of drug-likeness (QED) is 0.580. The third-order valence-corrected chi connectivity index (χ3v) is 1.77. The van der Waals surface area contributed by atoms with Gasteiger partial charge >= 0.3 is 0 Å². The molecule has 2 heteroatoms. The van der Waals surface area contributed by atoms with Gasteiger partial charge < -0.3 is 9.84 Å². The Bertz CT molecular complexity index is 95.1. The normalized spacial score (nSPS) is 25.7. The summed E-state index contributed by atoms with van der Waals surface area (Å²) in [5.41, 5.74) is 0. The molecule has 1 rings (SSSR count). The lowest BCUT2D eigenvalue weighted by Gasteiger charge is -2.22. The summed E-state index contributed by atoms with van der Waals surface area (Å²) in [7, 11) is 0. The first-order valence-corrected chi connectivity index (χ1v) is 3.53. The molecule has 1 aliphatic carbocycles. The van der Waals surface area contributed by atoms with Crippen LogP contribution in [0.2, 0.25) is 0 Å². The molecule has 0 aliphatic heterocycles. The van der Waals surface area contributed by atoms with Gasteiger partial charge in [-0.05, 0) is 26.7 Å². The van der Waals surface area contributed by atoms with Crippen molar-refractivity contribution >= 4 is 0 Å². The second kappa shape index (κ2) is 2.27. The fourth-order valence-corrected chi connectivity index (χ4v) is 1.03. The molecule has 0 aromatic carbocycles. The second-order valence-corrected chi connectivity index (χ2v) is 2.76. The van der Waals surface area contributed by atoms with E-state index in [1.807, 2.05) is 6.92 Å². The predicted molar refractivity (Wildman–Crippen MR) is 35.0 cm³/mol. The highest BCUT2D eigenvalue weighted by atomic mass is 16.6. The molecule has 0 heterocycles. The van der Waals surface area contributed by atoms with Gasteiger partial charge in [-0.2, -0.15) is 0 Å². The fraction of sp³-hybridized carbons (Fsp3) is 1.00. The molecular weight excluding hydrogens is 116 g/mol. The molecular formula is C7H14O2. The van der Waals surface area contributed by atoms with Crippen LogP contribution in [0.4, 0.5) is 0 Å². The summed E-state index contributed by atoms with van der Waals surface area (Å²) < 4.78 is 5.11. The van der Waals surface area contributed by atoms with Gasteiger partial charge in [-0.25, -0.2) is 0 Å². The molecule has 1 unspecified atom stereocenters. The Labute approximate surface area is 55.8 Å². The zero-order valence-corrected chi connectivity index (χ0v) is 6.05.